The second-order valence-electron chi connectivity index (χ2n) is 2.35. The largest absolute Gasteiger partial charge is 0.478 e. The van der Waals surface area contributed by atoms with E-state index in [1.54, 1.807) is 0 Å². The fourth-order valence-electron chi connectivity index (χ4n) is 0.762. The number of nitrogens with zero attached hydrogens (tertiary/aromatic N) is 3. The Morgan fingerprint density at radius 3 is 2.62 bits per heavy atom. The molecule has 0 amide bonds. The van der Waals surface area contributed by atoms with Crippen molar-refractivity contribution >= 4 is 5.97 Å². The maximum atomic E-state index is 10.4. The summed E-state index contributed by atoms with van der Waals surface area (Å²) in [6, 6.07) is 1.96. The summed E-state index contributed by atoms with van der Waals surface area (Å²) >= 11 is 0. The second-order valence-corrected chi connectivity index (χ2v) is 2.35. The Hall–Kier alpha value is -1.96. The average Bonchev–Trinajstić information content (AvgIpc) is 2.15. The Balaban J connectivity index is 2.71. The number of hydrogen-bond donors (Lipinski definition) is 1. The number of aryl methyl sites for hydroxylation is 1. The van der Waals surface area contributed by atoms with Crippen LogP contribution in [-0.2, 0) is 6.42 Å². The smallest absolute Gasteiger partial charge is 0.338 e. The Bertz CT molecular complexity index is 339. The van der Waals surface area contributed by atoms with E-state index in [9.17, 15) is 4.79 Å². The predicted octanol–water partition coefficient (Wildman–Crippen LogP) is 0.631. The summed E-state index contributed by atoms with van der Waals surface area (Å²) < 4.78 is 0. The van der Waals surface area contributed by atoms with Crippen molar-refractivity contribution in [3.05, 3.63) is 23.8 Å². The van der Waals surface area contributed by atoms with Crippen LogP contribution in [-0.4, -0.2) is 21.0 Å². The number of carboxylic acid groups (broad SMARTS) is 1. The molecule has 5 nitrogen and oxygen atoms in total. The first-order valence-corrected chi connectivity index (χ1v) is 3.65. The molecule has 0 saturated carbocycles. The van der Waals surface area contributed by atoms with Gasteiger partial charge in [-0.05, 0) is 0 Å². The summed E-state index contributed by atoms with van der Waals surface area (Å²) in [6.45, 7) is 0. The summed E-state index contributed by atoms with van der Waals surface area (Å²) in [5.41, 5.74) is 0.0562. The quantitative estimate of drug-likeness (QED) is 0.731. The number of carbonyl (C=O) groups is 1. The third-order valence-corrected chi connectivity index (χ3v) is 1.41. The van der Waals surface area contributed by atoms with Gasteiger partial charge in [-0.3, -0.25) is 0 Å². The summed E-state index contributed by atoms with van der Waals surface area (Å²) in [7, 11) is 0. The van der Waals surface area contributed by atoms with Gasteiger partial charge in [0.1, 0.15) is 5.82 Å². The van der Waals surface area contributed by atoms with Gasteiger partial charge in [-0.15, -0.1) is 0 Å². The highest BCUT2D eigenvalue weighted by Crippen LogP contribution is 1.98. The molecule has 0 fully saturated rings. The average molecular weight is 177 g/mol. The zero-order valence-corrected chi connectivity index (χ0v) is 6.77. The van der Waals surface area contributed by atoms with Crippen LogP contribution in [0.3, 0.4) is 0 Å². The van der Waals surface area contributed by atoms with Gasteiger partial charge in [-0.25, -0.2) is 14.8 Å². The van der Waals surface area contributed by atoms with Gasteiger partial charge in [0.25, 0.3) is 0 Å². The van der Waals surface area contributed by atoms with E-state index in [1.807, 2.05) is 6.07 Å². The maximum absolute atomic E-state index is 10.4. The molecule has 0 unspecified atom stereocenters. The molecule has 0 aliphatic rings. The summed E-state index contributed by atoms with van der Waals surface area (Å²) in [6.07, 6.45) is 3.27. The van der Waals surface area contributed by atoms with Crippen molar-refractivity contribution in [1.29, 1.82) is 5.26 Å². The van der Waals surface area contributed by atoms with E-state index in [0.29, 0.717) is 18.7 Å². The van der Waals surface area contributed by atoms with E-state index >= 15 is 0 Å². The molecule has 0 saturated heterocycles. The topological polar surface area (TPSA) is 86.9 Å². The van der Waals surface area contributed by atoms with Crippen molar-refractivity contribution < 1.29 is 9.90 Å². The van der Waals surface area contributed by atoms with Crippen LogP contribution in [0.25, 0.3) is 0 Å². The lowest BCUT2D eigenvalue weighted by Crippen LogP contribution is -2.01. The maximum Gasteiger partial charge on any atom is 0.338 e. The third kappa shape index (κ3) is 2.52. The Labute approximate surface area is 74.7 Å². The molecule has 5 heteroatoms. The number of aromatic nitrogens is 2. The zero-order chi connectivity index (χ0) is 9.68. The van der Waals surface area contributed by atoms with Crippen LogP contribution in [0.5, 0.6) is 0 Å². The van der Waals surface area contributed by atoms with Crippen molar-refractivity contribution in [2.24, 2.45) is 0 Å². The lowest BCUT2D eigenvalue weighted by Gasteiger charge is -1.95. The Kier molecular flexibility index (Phi) is 2.92. The normalized spacial score (nSPS) is 9.15. The molecule has 0 spiro atoms. The minimum absolute atomic E-state index is 0.0562. The molecular weight excluding hydrogens is 170 g/mol. The van der Waals surface area contributed by atoms with Crippen LogP contribution in [0.4, 0.5) is 0 Å². The molecule has 66 valence electrons. The van der Waals surface area contributed by atoms with Gasteiger partial charge in [-0.2, -0.15) is 5.26 Å². The molecule has 1 rings (SSSR count). The lowest BCUT2D eigenvalue weighted by molar-refractivity contribution is 0.0696. The second kappa shape index (κ2) is 4.16. The molecule has 0 atom stereocenters. The fraction of sp³-hybridized carbons (Fsp3) is 0.250. The van der Waals surface area contributed by atoms with Crippen LogP contribution in [0.15, 0.2) is 12.4 Å². The van der Waals surface area contributed by atoms with Crippen molar-refractivity contribution in [3.63, 3.8) is 0 Å². The van der Waals surface area contributed by atoms with Gasteiger partial charge in [0, 0.05) is 25.2 Å². The zero-order valence-electron chi connectivity index (χ0n) is 6.77. The summed E-state index contributed by atoms with van der Waals surface area (Å²) in [4.78, 5) is 18.0. The molecular formula is C8H7N3O2. The van der Waals surface area contributed by atoms with Crippen molar-refractivity contribution in [3.8, 4) is 6.07 Å². The van der Waals surface area contributed by atoms with E-state index in [1.165, 1.54) is 12.4 Å². The van der Waals surface area contributed by atoms with Gasteiger partial charge < -0.3 is 5.11 Å². The van der Waals surface area contributed by atoms with Gasteiger partial charge in [0.2, 0.25) is 0 Å². The van der Waals surface area contributed by atoms with Crippen LogP contribution < -0.4 is 0 Å². The van der Waals surface area contributed by atoms with Crippen molar-refractivity contribution in [2.75, 3.05) is 0 Å². The van der Waals surface area contributed by atoms with E-state index < -0.39 is 5.97 Å². The lowest BCUT2D eigenvalue weighted by atomic mass is 10.3. The molecule has 1 aromatic rings. The van der Waals surface area contributed by atoms with E-state index in [-0.39, 0.29) is 5.56 Å². The Morgan fingerprint density at radius 1 is 1.54 bits per heavy atom. The van der Waals surface area contributed by atoms with Crippen LogP contribution >= 0.6 is 0 Å². The SMILES string of the molecule is N#CCCc1ncc(C(=O)O)cn1. The third-order valence-electron chi connectivity index (χ3n) is 1.41. The highest BCUT2D eigenvalue weighted by molar-refractivity contribution is 5.86. The van der Waals surface area contributed by atoms with E-state index in [2.05, 4.69) is 9.97 Å². The summed E-state index contributed by atoms with van der Waals surface area (Å²) in [5, 5.41) is 16.8. The van der Waals surface area contributed by atoms with Crippen molar-refractivity contribution in [1.82, 2.24) is 9.97 Å². The molecule has 1 N–H and O–H groups in total. The number of rotatable bonds is 3. The van der Waals surface area contributed by atoms with E-state index in [0.717, 1.165) is 0 Å². The Morgan fingerprint density at radius 2 is 2.15 bits per heavy atom. The molecule has 1 aromatic heterocycles. The molecule has 0 aromatic carbocycles. The van der Waals surface area contributed by atoms with Crippen LogP contribution in [0.2, 0.25) is 0 Å². The first kappa shape index (κ1) is 9.13. The van der Waals surface area contributed by atoms with Gasteiger partial charge in [0.15, 0.2) is 0 Å². The van der Waals surface area contributed by atoms with Crippen LogP contribution in [0.1, 0.15) is 22.6 Å². The number of aromatic carboxylic acids is 1. The molecule has 13 heavy (non-hydrogen) atoms. The predicted molar refractivity (Wildman–Crippen MR) is 42.9 cm³/mol. The molecule has 0 aliphatic carbocycles. The minimum Gasteiger partial charge on any atom is -0.478 e. The number of carboxylic acids is 1. The first-order chi connectivity index (χ1) is 6.24. The van der Waals surface area contributed by atoms with Gasteiger partial charge in [-0.1, -0.05) is 0 Å². The number of nitriles is 1. The molecule has 1 heterocycles. The van der Waals surface area contributed by atoms with Crippen molar-refractivity contribution in [2.45, 2.75) is 12.8 Å². The highest BCUT2D eigenvalue weighted by atomic mass is 16.4. The standard InChI is InChI=1S/C8H7N3O2/c9-3-1-2-7-10-4-6(5-11-7)8(12)13/h4-5H,1-2H2,(H,12,13). The van der Waals surface area contributed by atoms with Gasteiger partial charge >= 0.3 is 5.97 Å². The minimum atomic E-state index is -1.05. The number of hydrogen-bond acceptors (Lipinski definition) is 4. The monoisotopic (exact) mass is 177 g/mol. The highest BCUT2D eigenvalue weighted by Gasteiger charge is 2.03. The molecule has 0 radical (unpaired) electrons. The summed E-state index contributed by atoms with van der Waals surface area (Å²) in [5.74, 6) is -0.557. The van der Waals surface area contributed by atoms with Gasteiger partial charge in [0.05, 0.1) is 11.6 Å². The molecule has 0 bridgehead atoms. The van der Waals surface area contributed by atoms with Crippen LogP contribution in [0, 0.1) is 11.3 Å². The van der Waals surface area contributed by atoms with E-state index in [4.69, 9.17) is 10.4 Å². The fourth-order valence-corrected chi connectivity index (χ4v) is 0.762. The first-order valence-electron chi connectivity index (χ1n) is 3.65. The molecule has 0 aliphatic heterocycles.